The number of likely N-dealkylation sites (tertiary alicyclic amines) is 1. The quantitative estimate of drug-likeness (QED) is 0.873. The highest BCUT2D eigenvalue weighted by Crippen LogP contribution is 2.14. The molecule has 2 rings (SSSR count). The lowest BCUT2D eigenvalue weighted by Crippen LogP contribution is -2.43. The lowest BCUT2D eigenvalue weighted by atomic mass is 10.1. The molecule has 1 unspecified atom stereocenters. The second kappa shape index (κ2) is 6.47. The van der Waals surface area contributed by atoms with Gasteiger partial charge in [0, 0.05) is 12.6 Å². The van der Waals surface area contributed by atoms with Gasteiger partial charge in [-0.1, -0.05) is 0 Å². The van der Waals surface area contributed by atoms with E-state index in [0.29, 0.717) is 6.04 Å². The number of likely N-dealkylation sites (N-methyl/N-ethyl adjacent to an activating group) is 1. The Hall–Kier alpha value is -0.450. The summed E-state index contributed by atoms with van der Waals surface area (Å²) in [6, 6.07) is 4.79. The van der Waals surface area contributed by atoms with Gasteiger partial charge >= 0.3 is 0 Å². The molecular weight excluding hydrogens is 232 g/mol. The molecule has 0 aromatic carbocycles. The summed E-state index contributed by atoms with van der Waals surface area (Å²) in [4.78, 5) is 2.39. The smallest absolute Gasteiger partial charge is 0.118 e. The van der Waals surface area contributed by atoms with Crippen LogP contribution in [0.1, 0.15) is 24.4 Å². The van der Waals surface area contributed by atoms with Crippen LogP contribution in [0, 0.1) is 0 Å². The Labute approximate surface area is 108 Å². The molecule has 96 valence electrons. The van der Waals surface area contributed by atoms with Crippen LogP contribution in [0.15, 0.2) is 16.5 Å². The number of hydrogen-bond acceptors (Lipinski definition) is 4. The van der Waals surface area contributed by atoms with E-state index in [-0.39, 0.29) is 0 Å². The van der Waals surface area contributed by atoms with Crippen molar-refractivity contribution < 1.29 is 4.42 Å². The Balaban J connectivity index is 1.76. The SMILES string of the molecule is CSCc1ccc(CNC2CCCN(C)C2)o1. The normalized spacial score (nSPS) is 21.9. The van der Waals surface area contributed by atoms with Crippen LogP contribution < -0.4 is 5.32 Å². The molecule has 1 aromatic rings. The van der Waals surface area contributed by atoms with Crippen molar-refractivity contribution in [3.8, 4) is 0 Å². The number of rotatable bonds is 5. The van der Waals surface area contributed by atoms with Gasteiger partial charge in [-0.15, -0.1) is 0 Å². The minimum atomic E-state index is 0.614. The summed E-state index contributed by atoms with van der Waals surface area (Å²) in [5, 5.41) is 3.58. The number of piperidine rings is 1. The lowest BCUT2D eigenvalue weighted by Gasteiger charge is -2.30. The van der Waals surface area contributed by atoms with Gasteiger partial charge in [0.05, 0.1) is 12.3 Å². The third-order valence-electron chi connectivity index (χ3n) is 3.19. The third kappa shape index (κ3) is 4.05. The molecule has 0 amide bonds. The zero-order valence-electron chi connectivity index (χ0n) is 10.7. The molecule has 4 heteroatoms. The van der Waals surface area contributed by atoms with Crippen LogP contribution in [0.2, 0.25) is 0 Å². The average Bonchev–Trinajstić information content (AvgIpc) is 2.75. The number of nitrogens with zero attached hydrogens (tertiary/aromatic N) is 1. The topological polar surface area (TPSA) is 28.4 Å². The van der Waals surface area contributed by atoms with Crippen LogP contribution in [0.5, 0.6) is 0 Å². The fraction of sp³-hybridized carbons (Fsp3) is 0.692. The Morgan fingerprint density at radius 1 is 1.47 bits per heavy atom. The van der Waals surface area contributed by atoms with Crippen LogP contribution in [-0.4, -0.2) is 37.3 Å². The number of furan rings is 1. The van der Waals surface area contributed by atoms with Crippen molar-refractivity contribution in [1.29, 1.82) is 0 Å². The van der Waals surface area contributed by atoms with E-state index in [1.165, 1.54) is 19.4 Å². The maximum atomic E-state index is 5.75. The van der Waals surface area contributed by atoms with Crippen molar-refractivity contribution in [3.05, 3.63) is 23.7 Å². The van der Waals surface area contributed by atoms with Crippen molar-refractivity contribution in [2.75, 3.05) is 26.4 Å². The average molecular weight is 254 g/mol. The molecule has 0 saturated carbocycles. The minimum Gasteiger partial charge on any atom is -0.464 e. The first-order valence-corrected chi connectivity index (χ1v) is 7.66. The van der Waals surface area contributed by atoms with Crippen LogP contribution in [0.4, 0.5) is 0 Å². The fourth-order valence-corrected chi connectivity index (χ4v) is 2.75. The summed E-state index contributed by atoms with van der Waals surface area (Å²) in [5.41, 5.74) is 0. The van der Waals surface area contributed by atoms with Gasteiger partial charge in [0.1, 0.15) is 11.5 Å². The second-order valence-corrected chi connectivity index (χ2v) is 5.65. The molecule has 1 aliphatic rings. The van der Waals surface area contributed by atoms with Gasteiger partial charge in [-0.3, -0.25) is 0 Å². The van der Waals surface area contributed by atoms with E-state index in [1.54, 1.807) is 11.8 Å². The summed E-state index contributed by atoms with van der Waals surface area (Å²) >= 11 is 1.79. The van der Waals surface area contributed by atoms with Crippen LogP contribution in [-0.2, 0) is 12.3 Å². The van der Waals surface area contributed by atoms with Crippen molar-refractivity contribution in [3.63, 3.8) is 0 Å². The monoisotopic (exact) mass is 254 g/mol. The van der Waals surface area contributed by atoms with E-state index >= 15 is 0 Å². The largest absolute Gasteiger partial charge is 0.464 e. The number of hydrogen-bond donors (Lipinski definition) is 1. The van der Waals surface area contributed by atoms with Gasteiger partial charge in [0.2, 0.25) is 0 Å². The Morgan fingerprint density at radius 3 is 3.06 bits per heavy atom. The maximum Gasteiger partial charge on any atom is 0.118 e. The third-order valence-corrected chi connectivity index (χ3v) is 3.77. The van der Waals surface area contributed by atoms with Crippen molar-refractivity contribution in [2.24, 2.45) is 0 Å². The molecule has 1 fully saturated rings. The Morgan fingerprint density at radius 2 is 2.29 bits per heavy atom. The Kier molecular flexibility index (Phi) is 4.95. The van der Waals surface area contributed by atoms with Crippen LogP contribution in [0.25, 0.3) is 0 Å². The second-order valence-electron chi connectivity index (χ2n) is 4.78. The van der Waals surface area contributed by atoms with Gasteiger partial charge < -0.3 is 14.6 Å². The molecule has 17 heavy (non-hydrogen) atoms. The molecule has 0 bridgehead atoms. The molecule has 3 nitrogen and oxygen atoms in total. The van der Waals surface area contributed by atoms with Gasteiger partial charge in [0.25, 0.3) is 0 Å². The minimum absolute atomic E-state index is 0.614. The highest BCUT2D eigenvalue weighted by molar-refractivity contribution is 7.97. The first kappa shape index (κ1) is 13.0. The molecule has 1 atom stereocenters. The molecular formula is C13H22N2OS. The Bertz CT molecular complexity index is 340. The van der Waals surface area contributed by atoms with E-state index in [2.05, 4.69) is 35.7 Å². The zero-order valence-corrected chi connectivity index (χ0v) is 11.6. The first-order valence-electron chi connectivity index (χ1n) is 6.26. The van der Waals surface area contributed by atoms with Gasteiger partial charge in [0.15, 0.2) is 0 Å². The summed E-state index contributed by atoms with van der Waals surface area (Å²) in [5.74, 6) is 3.10. The van der Waals surface area contributed by atoms with Crippen LogP contribution >= 0.6 is 11.8 Å². The molecule has 1 aromatic heterocycles. The van der Waals surface area contributed by atoms with E-state index < -0.39 is 0 Å². The van der Waals surface area contributed by atoms with Gasteiger partial charge in [-0.2, -0.15) is 11.8 Å². The summed E-state index contributed by atoms with van der Waals surface area (Å²) in [6.45, 7) is 3.24. The van der Waals surface area contributed by atoms with E-state index in [1.807, 2.05) is 0 Å². The maximum absolute atomic E-state index is 5.75. The zero-order chi connectivity index (χ0) is 12.1. The molecule has 0 radical (unpaired) electrons. The lowest BCUT2D eigenvalue weighted by molar-refractivity contribution is 0.223. The predicted molar refractivity (Wildman–Crippen MR) is 73.3 cm³/mol. The summed E-state index contributed by atoms with van der Waals surface area (Å²) < 4.78 is 5.75. The fourth-order valence-electron chi connectivity index (χ4n) is 2.32. The van der Waals surface area contributed by atoms with Crippen molar-refractivity contribution >= 4 is 11.8 Å². The van der Waals surface area contributed by atoms with E-state index in [9.17, 15) is 0 Å². The molecule has 1 N–H and O–H groups in total. The van der Waals surface area contributed by atoms with E-state index in [4.69, 9.17) is 4.42 Å². The van der Waals surface area contributed by atoms with Gasteiger partial charge in [-0.25, -0.2) is 0 Å². The van der Waals surface area contributed by atoms with Gasteiger partial charge in [-0.05, 0) is 44.8 Å². The standard InChI is InChI=1S/C13H22N2OS/c1-15-7-3-4-11(9-15)14-8-12-5-6-13(16-12)10-17-2/h5-6,11,14H,3-4,7-10H2,1-2H3. The first-order chi connectivity index (χ1) is 8.28. The highest BCUT2D eigenvalue weighted by atomic mass is 32.2. The number of thioether (sulfide) groups is 1. The predicted octanol–water partition coefficient (Wildman–Crippen LogP) is 2.33. The molecule has 1 saturated heterocycles. The number of nitrogens with one attached hydrogen (secondary N) is 1. The molecule has 2 heterocycles. The highest BCUT2D eigenvalue weighted by Gasteiger charge is 2.16. The van der Waals surface area contributed by atoms with E-state index in [0.717, 1.165) is 30.4 Å². The molecule has 0 spiro atoms. The summed E-state index contributed by atoms with van der Waals surface area (Å²) in [6.07, 6.45) is 4.67. The van der Waals surface area contributed by atoms with Crippen LogP contribution in [0.3, 0.4) is 0 Å². The molecule has 0 aliphatic carbocycles. The van der Waals surface area contributed by atoms with Crippen molar-refractivity contribution in [2.45, 2.75) is 31.2 Å². The van der Waals surface area contributed by atoms with Crippen molar-refractivity contribution in [1.82, 2.24) is 10.2 Å². The molecule has 1 aliphatic heterocycles. The summed E-state index contributed by atoms with van der Waals surface area (Å²) in [7, 11) is 2.19.